The molecule has 26 heavy (non-hydrogen) atoms. The maximum atomic E-state index is 13.2. The van der Waals surface area contributed by atoms with Gasteiger partial charge in [0.1, 0.15) is 5.75 Å². The molecule has 0 saturated carbocycles. The summed E-state index contributed by atoms with van der Waals surface area (Å²) in [5, 5.41) is 3.56. The van der Waals surface area contributed by atoms with Gasteiger partial charge in [0.15, 0.2) is 0 Å². The molecule has 3 rings (SSSR count). The molecule has 1 aliphatic heterocycles. The molecule has 2 unspecified atom stereocenters. The topological polar surface area (TPSA) is 41.6 Å². The number of hydrogen-bond acceptors (Lipinski definition) is 3. The number of carbonyl (C=O) groups is 1. The van der Waals surface area contributed by atoms with E-state index in [0.29, 0.717) is 12.0 Å². The van der Waals surface area contributed by atoms with Gasteiger partial charge in [-0.2, -0.15) is 0 Å². The largest absolute Gasteiger partial charge is 0.497 e. The molecule has 0 spiro atoms. The maximum absolute atomic E-state index is 13.2. The summed E-state index contributed by atoms with van der Waals surface area (Å²) >= 11 is 0. The van der Waals surface area contributed by atoms with Gasteiger partial charge in [-0.3, -0.25) is 4.79 Å². The van der Waals surface area contributed by atoms with Gasteiger partial charge in [0.2, 0.25) is 5.91 Å². The van der Waals surface area contributed by atoms with Crippen molar-refractivity contribution in [2.24, 2.45) is 5.92 Å². The average molecular weight is 357 g/mol. The molecule has 0 radical (unpaired) electrons. The quantitative estimate of drug-likeness (QED) is 0.876. The monoisotopic (exact) mass is 356 g/mol. The summed E-state index contributed by atoms with van der Waals surface area (Å²) in [4.78, 5) is 15.1. The summed E-state index contributed by atoms with van der Waals surface area (Å²) in [6, 6.07) is 7.02. The summed E-state index contributed by atoms with van der Waals surface area (Å²) in [7, 11) is 3.65. The van der Waals surface area contributed by atoms with E-state index in [1.165, 1.54) is 16.7 Å². The Labute approximate surface area is 157 Å². The summed E-state index contributed by atoms with van der Waals surface area (Å²) in [6.07, 6.45) is 4.01. The fraction of sp³-hybridized carbons (Fsp3) is 0.591. The van der Waals surface area contributed by atoms with Crippen LogP contribution in [0.15, 0.2) is 23.8 Å². The van der Waals surface area contributed by atoms with Gasteiger partial charge in [-0.05, 0) is 67.4 Å². The van der Waals surface area contributed by atoms with E-state index in [4.69, 9.17) is 4.74 Å². The number of amides is 1. The molecular weight excluding hydrogens is 324 g/mol. The number of nitrogens with one attached hydrogen (secondary N) is 1. The molecule has 1 aromatic rings. The van der Waals surface area contributed by atoms with Gasteiger partial charge in [0.05, 0.1) is 7.11 Å². The highest BCUT2D eigenvalue weighted by Crippen LogP contribution is 2.43. The number of fused-ring (bicyclic) bond motifs is 3. The molecule has 2 atom stereocenters. The van der Waals surface area contributed by atoms with Crippen molar-refractivity contribution in [3.8, 4) is 5.75 Å². The molecule has 1 heterocycles. The fourth-order valence-corrected chi connectivity index (χ4v) is 4.49. The number of carbonyl (C=O) groups excluding carboxylic acids is 1. The number of allylic oxidation sites excluding steroid dienone is 1. The molecule has 142 valence electrons. The smallest absolute Gasteiger partial charge is 0.249 e. The van der Waals surface area contributed by atoms with Gasteiger partial charge in [0.25, 0.3) is 0 Å². The molecule has 1 aromatic carbocycles. The van der Waals surface area contributed by atoms with Gasteiger partial charge >= 0.3 is 0 Å². The van der Waals surface area contributed by atoms with E-state index in [9.17, 15) is 4.79 Å². The van der Waals surface area contributed by atoms with E-state index in [2.05, 4.69) is 38.2 Å². The average Bonchev–Trinajstić information content (AvgIpc) is 2.72. The summed E-state index contributed by atoms with van der Waals surface area (Å²) in [5.41, 5.74) is 4.87. The first-order chi connectivity index (χ1) is 12.4. The van der Waals surface area contributed by atoms with Crippen molar-refractivity contribution in [3.05, 3.63) is 34.9 Å². The van der Waals surface area contributed by atoms with E-state index >= 15 is 0 Å². The first-order valence-electron chi connectivity index (χ1n) is 9.82. The normalized spacial score (nSPS) is 21.4. The Morgan fingerprint density at radius 2 is 2.04 bits per heavy atom. The lowest BCUT2D eigenvalue weighted by molar-refractivity contribution is -0.125. The molecule has 0 aromatic heterocycles. The van der Waals surface area contributed by atoms with E-state index in [-0.39, 0.29) is 11.9 Å². The van der Waals surface area contributed by atoms with Crippen LogP contribution in [0.5, 0.6) is 5.75 Å². The zero-order chi connectivity index (χ0) is 18.8. The van der Waals surface area contributed by atoms with Crippen LogP contribution in [-0.4, -0.2) is 43.6 Å². The molecule has 0 fully saturated rings. The second kappa shape index (κ2) is 7.83. The molecule has 2 aliphatic rings. The van der Waals surface area contributed by atoms with E-state index in [0.717, 1.165) is 43.6 Å². The Bertz CT molecular complexity index is 708. The van der Waals surface area contributed by atoms with Crippen LogP contribution in [0.4, 0.5) is 0 Å². The second-order valence-corrected chi connectivity index (χ2v) is 8.09. The van der Waals surface area contributed by atoms with Gasteiger partial charge in [-0.25, -0.2) is 0 Å². The highest BCUT2D eigenvalue weighted by Gasteiger charge is 2.33. The Morgan fingerprint density at radius 1 is 1.27 bits per heavy atom. The zero-order valence-corrected chi connectivity index (χ0v) is 16.8. The highest BCUT2D eigenvalue weighted by atomic mass is 16.5. The third-order valence-corrected chi connectivity index (χ3v) is 5.64. The molecular formula is C22H32N2O2. The number of methoxy groups -OCH3 is 1. The lowest BCUT2D eigenvalue weighted by Gasteiger charge is -2.29. The fourth-order valence-electron chi connectivity index (χ4n) is 4.49. The van der Waals surface area contributed by atoms with Crippen molar-refractivity contribution >= 4 is 11.5 Å². The van der Waals surface area contributed by atoms with E-state index < -0.39 is 0 Å². The van der Waals surface area contributed by atoms with Crippen molar-refractivity contribution in [1.29, 1.82) is 0 Å². The van der Waals surface area contributed by atoms with Gasteiger partial charge in [-0.1, -0.05) is 19.9 Å². The van der Waals surface area contributed by atoms with Crippen molar-refractivity contribution in [2.45, 2.75) is 58.5 Å². The standard InChI is InChI=1S/C22H32N2O2/c1-14(2)23-15(3)12-20-21-16(10-11-24(4)22(20)25)6-7-17-13-18(26-5)8-9-19(17)21/h8-9,13-16,23H,6-7,10-12H2,1-5H3. The first kappa shape index (κ1) is 19.0. The lowest BCUT2D eigenvalue weighted by Crippen LogP contribution is -2.35. The molecule has 1 amide bonds. The number of ether oxygens (including phenoxy) is 1. The van der Waals surface area contributed by atoms with Crippen LogP contribution in [0.3, 0.4) is 0 Å². The van der Waals surface area contributed by atoms with Crippen LogP contribution in [0.2, 0.25) is 0 Å². The van der Waals surface area contributed by atoms with Gasteiger partial charge < -0.3 is 15.0 Å². The highest BCUT2D eigenvalue weighted by molar-refractivity contribution is 6.02. The summed E-state index contributed by atoms with van der Waals surface area (Å²) < 4.78 is 5.41. The van der Waals surface area contributed by atoms with Crippen molar-refractivity contribution in [2.75, 3.05) is 20.7 Å². The van der Waals surface area contributed by atoms with Crippen LogP contribution >= 0.6 is 0 Å². The predicted octanol–water partition coefficient (Wildman–Crippen LogP) is 3.65. The number of rotatable bonds is 5. The number of hydrogen-bond donors (Lipinski definition) is 1. The minimum absolute atomic E-state index is 0.198. The Kier molecular flexibility index (Phi) is 5.71. The molecule has 1 N–H and O–H groups in total. The minimum atomic E-state index is 0.198. The van der Waals surface area contributed by atoms with Crippen LogP contribution in [-0.2, 0) is 11.2 Å². The SMILES string of the molecule is COc1ccc2c(c1)CCC1CCN(C)C(=O)C(CC(C)NC(C)C)=C21. The molecule has 4 nitrogen and oxygen atoms in total. The third-order valence-electron chi connectivity index (χ3n) is 5.64. The summed E-state index contributed by atoms with van der Waals surface area (Å²) in [6.45, 7) is 7.33. The van der Waals surface area contributed by atoms with Crippen molar-refractivity contribution in [3.63, 3.8) is 0 Å². The minimum Gasteiger partial charge on any atom is -0.497 e. The zero-order valence-electron chi connectivity index (χ0n) is 16.8. The first-order valence-corrected chi connectivity index (χ1v) is 9.82. The number of likely N-dealkylation sites (N-methyl/N-ethyl adjacent to an activating group) is 1. The maximum Gasteiger partial charge on any atom is 0.249 e. The van der Waals surface area contributed by atoms with Crippen LogP contribution in [0.1, 0.15) is 51.2 Å². The van der Waals surface area contributed by atoms with Gasteiger partial charge in [0, 0.05) is 31.2 Å². The summed E-state index contributed by atoms with van der Waals surface area (Å²) in [5.74, 6) is 1.57. The van der Waals surface area contributed by atoms with Crippen LogP contribution in [0, 0.1) is 5.92 Å². The number of benzene rings is 1. The van der Waals surface area contributed by atoms with Crippen LogP contribution in [0.25, 0.3) is 5.57 Å². The van der Waals surface area contributed by atoms with Crippen LogP contribution < -0.4 is 10.1 Å². The van der Waals surface area contributed by atoms with E-state index in [1.807, 2.05) is 18.0 Å². The van der Waals surface area contributed by atoms with E-state index in [1.54, 1.807) is 7.11 Å². The van der Waals surface area contributed by atoms with Crippen molar-refractivity contribution in [1.82, 2.24) is 10.2 Å². The van der Waals surface area contributed by atoms with Crippen molar-refractivity contribution < 1.29 is 9.53 Å². The Hall–Kier alpha value is -1.81. The molecule has 0 bridgehead atoms. The second-order valence-electron chi connectivity index (χ2n) is 8.09. The molecule has 1 aliphatic carbocycles. The predicted molar refractivity (Wildman–Crippen MR) is 106 cm³/mol. The third kappa shape index (κ3) is 3.80. The molecule has 0 saturated heterocycles. The lowest BCUT2D eigenvalue weighted by atomic mass is 9.75. The van der Waals surface area contributed by atoms with Gasteiger partial charge in [-0.15, -0.1) is 0 Å². The Morgan fingerprint density at radius 3 is 2.73 bits per heavy atom. The Balaban J connectivity index is 2.08. The molecule has 4 heteroatoms. The number of aryl methyl sites for hydroxylation is 1. The number of nitrogens with zero attached hydrogens (tertiary/aromatic N) is 1.